The van der Waals surface area contributed by atoms with E-state index in [0.717, 1.165) is 5.56 Å². The average Bonchev–Trinajstić information content (AvgIpc) is 2.69. The van der Waals surface area contributed by atoms with Gasteiger partial charge in [-0.15, -0.1) is 11.3 Å². The Labute approximate surface area is 114 Å². The number of thiophene rings is 1. The second-order valence-electron chi connectivity index (χ2n) is 3.89. The van der Waals surface area contributed by atoms with E-state index in [1.54, 1.807) is 6.07 Å². The summed E-state index contributed by atoms with van der Waals surface area (Å²) in [5.74, 6) is -0.0964. The maximum atomic E-state index is 13.8. The Balaban J connectivity index is 2.40. The van der Waals surface area contributed by atoms with Crippen molar-refractivity contribution in [3.8, 4) is 5.75 Å². The molecule has 2 nitrogen and oxygen atoms in total. The van der Waals surface area contributed by atoms with Crippen LogP contribution in [-0.2, 0) is 0 Å². The molecule has 96 valence electrons. The second kappa shape index (κ2) is 5.26. The van der Waals surface area contributed by atoms with E-state index >= 15 is 0 Å². The number of aliphatic hydroxyl groups excluding tert-OH is 1. The third-order valence-corrected chi connectivity index (χ3v) is 4.44. The Hall–Kier alpha value is -1.10. The number of ether oxygens (including phenoxy) is 1. The molecular formula is C13H12ClFO2S. The third-order valence-electron chi connectivity index (χ3n) is 2.68. The van der Waals surface area contributed by atoms with Gasteiger partial charge in [0.05, 0.1) is 17.0 Å². The molecule has 0 spiro atoms. The first-order valence-electron chi connectivity index (χ1n) is 5.29. The smallest absolute Gasteiger partial charge is 0.133 e. The Kier molecular flexibility index (Phi) is 3.90. The van der Waals surface area contributed by atoms with Crippen molar-refractivity contribution in [3.63, 3.8) is 0 Å². The van der Waals surface area contributed by atoms with Crippen molar-refractivity contribution in [3.05, 3.63) is 50.4 Å². The molecule has 0 aliphatic rings. The lowest BCUT2D eigenvalue weighted by atomic mass is 10.1. The topological polar surface area (TPSA) is 29.5 Å². The summed E-state index contributed by atoms with van der Waals surface area (Å²) in [6.07, 6.45) is -1.05. The molecule has 1 N–H and O–H groups in total. The number of halogens is 2. The first-order chi connectivity index (χ1) is 8.54. The zero-order chi connectivity index (χ0) is 13.3. The summed E-state index contributed by atoms with van der Waals surface area (Å²) in [6.45, 7) is 1.85. The van der Waals surface area contributed by atoms with Gasteiger partial charge >= 0.3 is 0 Å². The van der Waals surface area contributed by atoms with E-state index < -0.39 is 11.9 Å². The molecule has 1 unspecified atom stereocenters. The number of hydrogen-bond donors (Lipinski definition) is 1. The van der Waals surface area contributed by atoms with Gasteiger partial charge in [0.1, 0.15) is 17.7 Å². The van der Waals surface area contributed by atoms with Crippen LogP contribution in [0, 0.1) is 12.7 Å². The molecule has 1 aromatic carbocycles. The molecule has 0 radical (unpaired) electrons. The van der Waals surface area contributed by atoms with Crippen molar-refractivity contribution < 1.29 is 14.2 Å². The van der Waals surface area contributed by atoms with E-state index in [4.69, 9.17) is 16.3 Å². The number of aryl methyl sites for hydroxylation is 1. The van der Waals surface area contributed by atoms with Gasteiger partial charge in [-0.2, -0.15) is 0 Å². The first kappa shape index (κ1) is 13.3. The fourth-order valence-electron chi connectivity index (χ4n) is 1.63. The van der Waals surface area contributed by atoms with Gasteiger partial charge < -0.3 is 9.84 Å². The van der Waals surface area contributed by atoms with E-state index in [9.17, 15) is 9.50 Å². The monoisotopic (exact) mass is 286 g/mol. The van der Waals surface area contributed by atoms with Crippen LogP contribution < -0.4 is 4.74 Å². The average molecular weight is 287 g/mol. The predicted molar refractivity (Wildman–Crippen MR) is 71.1 cm³/mol. The first-order valence-corrected chi connectivity index (χ1v) is 6.55. The van der Waals surface area contributed by atoms with E-state index in [-0.39, 0.29) is 5.56 Å². The molecule has 1 aromatic heterocycles. The van der Waals surface area contributed by atoms with Gasteiger partial charge in [0.2, 0.25) is 0 Å². The van der Waals surface area contributed by atoms with E-state index in [0.29, 0.717) is 15.6 Å². The van der Waals surface area contributed by atoms with Crippen LogP contribution in [0.25, 0.3) is 0 Å². The Morgan fingerprint density at radius 3 is 2.67 bits per heavy atom. The normalized spacial score (nSPS) is 12.5. The van der Waals surface area contributed by atoms with Gasteiger partial charge in [0.15, 0.2) is 0 Å². The zero-order valence-electron chi connectivity index (χ0n) is 9.91. The van der Waals surface area contributed by atoms with Gasteiger partial charge in [0, 0.05) is 11.6 Å². The van der Waals surface area contributed by atoms with Crippen LogP contribution in [0.4, 0.5) is 4.39 Å². The molecule has 1 atom stereocenters. The Morgan fingerprint density at radius 2 is 2.17 bits per heavy atom. The van der Waals surface area contributed by atoms with Crippen molar-refractivity contribution in [1.82, 2.24) is 0 Å². The van der Waals surface area contributed by atoms with Crippen LogP contribution in [0.5, 0.6) is 5.75 Å². The van der Waals surface area contributed by atoms with Crippen molar-refractivity contribution >= 4 is 22.9 Å². The van der Waals surface area contributed by atoms with Gasteiger partial charge in [-0.1, -0.05) is 11.6 Å². The lowest BCUT2D eigenvalue weighted by Gasteiger charge is -2.12. The van der Waals surface area contributed by atoms with Crippen LogP contribution >= 0.6 is 22.9 Å². The highest BCUT2D eigenvalue weighted by Gasteiger charge is 2.20. The van der Waals surface area contributed by atoms with Crippen molar-refractivity contribution in [2.45, 2.75) is 13.0 Å². The summed E-state index contributed by atoms with van der Waals surface area (Å²) in [5.41, 5.74) is 1.07. The van der Waals surface area contributed by atoms with E-state index in [1.807, 2.05) is 12.3 Å². The second-order valence-corrected chi connectivity index (χ2v) is 5.18. The summed E-state index contributed by atoms with van der Waals surface area (Å²) < 4.78 is 18.8. The summed E-state index contributed by atoms with van der Waals surface area (Å²) in [7, 11) is 1.46. The van der Waals surface area contributed by atoms with E-state index in [1.165, 1.54) is 30.6 Å². The Morgan fingerprint density at radius 1 is 1.44 bits per heavy atom. The minimum Gasteiger partial charge on any atom is -0.497 e. The van der Waals surface area contributed by atoms with Gasteiger partial charge in [-0.25, -0.2) is 4.39 Å². The minimum absolute atomic E-state index is 0.194. The van der Waals surface area contributed by atoms with Crippen molar-refractivity contribution in [1.29, 1.82) is 0 Å². The lowest BCUT2D eigenvalue weighted by molar-refractivity contribution is 0.218. The maximum Gasteiger partial charge on any atom is 0.133 e. The van der Waals surface area contributed by atoms with Gasteiger partial charge in [-0.3, -0.25) is 0 Å². The number of hydrogen-bond acceptors (Lipinski definition) is 3. The number of benzene rings is 1. The SMILES string of the molecule is COc1ccc(C(O)c2scc(C)c2Cl)c(F)c1. The molecule has 0 fully saturated rings. The van der Waals surface area contributed by atoms with Crippen LogP contribution in [0.1, 0.15) is 22.1 Å². The molecule has 0 saturated carbocycles. The Bertz CT molecular complexity index is 568. The van der Waals surface area contributed by atoms with Crippen molar-refractivity contribution in [2.75, 3.05) is 7.11 Å². The number of aliphatic hydroxyl groups is 1. The summed E-state index contributed by atoms with van der Waals surface area (Å²) in [6, 6.07) is 4.35. The van der Waals surface area contributed by atoms with Crippen LogP contribution in [0.15, 0.2) is 23.6 Å². The molecule has 0 amide bonds. The molecule has 0 bridgehead atoms. The molecular weight excluding hydrogens is 275 g/mol. The molecule has 0 saturated heterocycles. The molecule has 2 aromatic rings. The molecule has 0 aliphatic heterocycles. The van der Waals surface area contributed by atoms with Crippen LogP contribution in [0.3, 0.4) is 0 Å². The van der Waals surface area contributed by atoms with Crippen LogP contribution in [-0.4, -0.2) is 12.2 Å². The fourth-order valence-corrected chi connectivity index (χ4v) is 2.93. The highest BCUT2D eigenvalue weighted by atomic mass is 35.5. The quantitative estimate of drug-likeness (QED) is 0.926. The predicted octanol–water partition coefficient (Wildman–Crippen LogP) is 3.94. The maximum absolute atomic E-state index is 13.8. The van der Waals surface area contributed by atoms with Gasteiger partial charge in [0.25, 0.3) is 0 Å². The minimum atomic E-state index is -1.05. The number of methoxy groups -OCH3 is 1. The molecule has 0 aliphatic carbocycles. The van der Waals surface area contributed by atoms with E-state index in [2.05, 4.69) is 0 Å². The molecule has 1 heterocycles. The molecule has 2 rings (SSSR count). The summed E-state index contributed by atoms with van der Waals surface area (Å²) >= 11 is 7.39. The molecule has 18 heavy (non-hydrogen) atoms. The highest BCUT2D eigenvalue weighted by molar-refractivity contribution is 7.10. The fraction of sp³-hybridized carbons (Fsp3) is 0.231. The number of rotatable bonds is 3. The summed E-state index contributed by atoms with van der Waals surface area (Å²) in [5, 5.41) is 12.5. The largest absolute Gasteiger partial charge is 0.497 e. The lowest BCUT2D eigenvalue weighted by Crippen LogP contribution is -2.01. The third kappa shape index (κ3) is 2.36. The van der Waals surface area contributed by atoms with Crippen molar-refractivity contribution in [2.24, 2.45) is 0 Å². The van der Waals surface area contributed by atoms with Crippen LogP contribution in [0.2, 0.25) is 5.02 Å². The summed E-state index contributed by atoms with van der Waals surface area (Å²) in [4.78, 5) is 0.554. The zero-order valence-corrected chi connectivity index (χ0v) is 11.5. The molecule has 5 heteroatoms. The van der Waals surface area contributed by atoms with Gasteiger partial charge in [-0.05, 0) is 30.0 Å². The highest BCUT2D eigenvalue weighted by Crippen LogP contribution is 2.36. The standard InChI is InChI=1S/C13H12ClFO2S/c1-7-6-18-13(11(7)14)12(16)9-4-3-8(17-2)5-10(9)15/h3-6,12,16H,1-2H3.